The van der Waals surface area contributed by atoms with Gasteiger partial charge < -0.3 is 25.4 Å². The Morgan fingerprint density at radius 1 is 1.35 bits per heavy atom. The lowest BCUT2D eigenvalue weighted by molar-refractivity contribution is -0.187. The monoisotopic (exact) mass is 440 g/mol. The van der Waals surface area contributed by atoms with E-state index in [2.05, 4.69) is 5.32 Å². The van der Waals surface area contributed by atoms with Crippen molar-refractivity contribution in [2.45, 2.75) is 50.4 Å². The average Bonchev–Trinajstić information content (AvgIpc) is 2.68. The van der Waals surface area contributed by atoms with E-state index in [1.165, 1.54) is 12.1 Å². The number of ether oxygens (including phenoxy) is 1. The molecule has 2 atom stereocenters. The average molecular weight is 440 g/mol. The highest BCUT2D eigenvalue weighted by Gasteiger charge is 2.49. The van der Waals surface area contributed by atoms with Crippen LogP contribution in [0.15, 0.2) is 18.2 Å². The number of hydrogen-bond donors (Lipinski definition) is 4. The molecule has 0 aliphatic carbocycles. The van der Waals surface area contributed by atoms with Crippen LogP contribution in [0.2, 0.25) is 0 Å². The minimum atomic E-state index is -1.19. The second-order valence-electron chi connectivity index (χ2n) is 8.29. The number of carbonyl (C=O) groups is 3. The van der Waals surface area contributed by atoms with Crippen LogP contribution in [-0.4, -0.2) is 82.1 Å². The third-order valence-electron chi connectivity index (χ3n) is 5.86. The third-order valence-corrected chi connectivity index (χ3v) is 5.86. The predicted molar refractivity (Wildman–Crippen MR) is 108 cm³/mol. The molecule has 2 fully saturated rings. The number of aryl methyl sites for hydroxylation is 1. The first kappa shape index (κ1) is 24.7. The Balaban J connectivity index is 0.00000107. The summed E-state index contributed by atoms with van der Waals surface area (Å²) < 4.78 is 19.6. The summed E-state index contributed by atoms with van der Waals surface area (Å²) >= 11 is 0. The van der Waals surface area contributed by atoms with Gasteiger partial charge in [-0.25, -0.2) is 4.39 Å². The summed E-state index contributed by atoms with van der Waals surface area (Å²) in [5.74, 6) is -1.80. The van der Waals surface area contributed by atoms with Crippen LogP contribution in [-0.2, 0) is 14.3 Å². The lowest BCUT2D eigenvalue weighted by Crippen LogP contribution is -2.64. The summed E-state index contributed by atoms with van der Waals surface area (Å²) in [4.78, 5) is 33.7. The van der Waals surface area contributed by atoms with Gasteiger partial charge in [-0.2, -0.15) is 0 Å². The topological polar surface area (TPSA) is 136 Å². The Hall–Kier alpha value is -2.56. The summed E-state index contributed by atoms with van der Waals surface area (Å²) in [5, 5.41) is 29.6. The van der Waals surface area contributed by atoms with Gasteiger partial charge >= 0.3 is 5.97 Å². The minimum absolute atomic E-state index is 0.00184. The van der Waals surface area contributed by atoms with Crippen LogP contribution >= 0.6 is 0 Å². The smallest absolute Gasteiger partial charge is 0.317 e. The number of carboxylic acids is 1. The number of likely N-dealkylation sites (tertiary alicyclic amines) is 1. The lowest BCUT2D eigenvalue weighted by atomic mass is 9.75. The number of carbonyl (C=O) groups excluding carboxylic acids is 1. The molecule has 4 N–H and O–H groups in total. The van der Waals surface area contributed by atoms with Crippen LogP contribution < -0.4 is 5.32 Å². The molecule has 1 amide bonds. The molecule has 172 valence electrons. The molecule has 0 saturated carbocycles. The van der Waals surface area contributed by atoms with E-state index in [4.69, 9.17) is 19.7 Å². The van der Waals surface area contributed by atoms with Crippen LogP contribution in [0, 0.1) is 12.7 Å². The first-order valence-corrected chi connectivity index (χ1v) is 9.97. The quantitative estimate of drug-likeness (QED) is 0.510. The number of halogens is 1. The number of nitrogens with zero attached hydrogens (tertiary/aromatic N) is 1. The highest BCUT2D eigenvalue weighted by atomic mass is 19.1. The summed E-state index contributed by atoms with van der Waals surface area (Å²) in [6, 6.07) is 3.40. The fraction of sp³-hybridized carbons (Fsp3) is 0.571. The molecule has 1 aromatic carbocycles. The Labute approximate surface area is 179 Å². The van der Waals surface area contributed by atoms with Crippen molar-refractivity contribution in [3.8, 4) is 0 Å². The first-order chi connectivity index (χ1) is 14.5. The summed E-state index contributed by atoms with van der Waals surface area (Å²) in [7, 11) is 0. The van der Waals surface area contributed by atoms with Gasteiger partial charge in [0.05, 0.1) is 30.4 Å². The maximum atomic E-state index is 13.5. The van der Waals surface area contributed by atoms with Crippen molar-refractivity contribution in [1.82, 2.24) is 10.2 Å². The number of piperidine rings is 1. The van der Waals surface area contributed by atoms with Crippen molar-refractivity contribution in [1.29, 1.82) is 0 Å². The second-order valence-corrected chi connectivity index (χ2v) is 8.29. The fourth-order valence-electron chi connectivity index (χ4n) is 4.17. The Bertz CT molecular complexity index is 807. The molecule has 2 heterocycles. The number of aliphatic carboxylic acids is 1. The number of carboxylic acid groups (broad SMARTS) is 2. The molecular weight excluding hydrogens is 411 g/mol. The summed E-state index contributed by atoms with van der Waals surface area (Å²) in [5.41, 5.74) is -0.825. The van der Waals surface area contributed by atoms with Gasteiger partial charge in [-0.3, -0.25) is 19.3 Å². The van der Waals surface area contributed by atoms with Crippen LogP contribution in [0.3, 0.4) is 0 Å². The Morgan fingerprint density at radius 3 is 2.52 bits per heavy atom. The van der Waals surface area contributed by atoms with Gasteiger partial charge in [-0.15, -0.1) is 0 Å². The lowest BCUT2D eigenvalue weighted by Gasteiger charge is -2.51. The number of rotatable bonds is 4. The number of aliphatic hydroxyl groups is 1. The molecule has 1 spiro atoms. The highest BCUT2D eigenvalue weighted by molar-refractivity contribution is 5.95. The van der Waals surface area contributed by atoms with E-state index in [0.29, 0.717) is 37.9 Å². The second kappa shape index (κ2) is 10.2. The molecular formula is C21H29FN2O7. The van der Waals surface area contributed by atoms with Gasteiger partial charge in [-0.05, 0) is 44.4 Å². The maximum absolute atomic E-state index is 13.5. The van der Waals surface area contributed by atoms with Crippen LogP contribution in [0.5, 0.6) is 0 Å². The first-order valence-electron chi connectivity index (χ1n) is 9.97. The molecule has 2 aliphatic rings. The molecule has 2 saturated heterocycles. The Morgan fingerprint density at radius 2 is 1.97 bits per heavy atom. The van der Waals surface area contributed by atoms with E-state index in [9.17, 15) is 19.1 Å². The predicted octanol–water partition coefficient (Wildman–Crippen LogP) is 1.02. The van der Waals surface area contributed by atoms with E-state index in [1.807, 2.05) is 4.90 Å². The number of nitrogens with one attached hydrogen (secondary N) is 1. The van der Waals surface area contributed by atoms with Crippen LogP contribution in [0.25, 0.3) is 0 Å². The summed E-state index contributed by atoms with van der Waals surface area (Å²) in [6.07, 6.45) is 1.59. The normalized spacial score (nSPS) is 25.2. The van der Waals surface area contributed by atoms with Gasteiger partial charge in [0, 0.05) is 25.1 Å². The van der Waals surface area contributed by atoms with Gasteiger partial charge in [-0.1, -0.05) is 6.07 Å². The molecule has 0 bridgehead atoms. The number of amides is 1. The van der Waals surface area contributed by atoms with Crippen molar-refractivity contribution in [2.75, 3.05) is 26.2 Å². The van der Waals surface area contributed by atoms with E-state index in [-0.39, 0.29) is 25.2 Å². The van der Waals surface area contributed by atoms with Crippen molar-refractivity contribution in [3.05, 3.63) is 35.1 Å². The zero-order chi connectivity index (χ0) is 23.2. The standard InChI is InChI=1S/C20H27FN2O5.CH2O2/c1-13-3-4-14(21)9-15(13)18(26)22-16-11-28-20(12-19(16,2)27)5-7-23(8-6-20)10-17(24)25;2-1-3/h3-4,9,16,27H,5-8,10-12H2,1-2H3,(H,22,26)(H,24,25);1H,(H,2,3)/t16-,19-;/m0./s1. The van der Waals surface area contributed by atoms with Crippen LogP contribution in [0.1, 0.15) is 42.1 Å². The van der Waals surface area contributed by atoms with Crippen molar-refractivity contribution in [2.24, 2.45) is 0 Å². The molecule has 10 heteroatoms. The minimum Gasteiger partial charge on any atom is -0.483 e. The highest BCUT2D eigenvalue weighted by Crippen LogP contribution is 2.39. The molecule has 3 rings (SSSR count). The maximum Gasteiger partial charge on any atom is 0.317 e. The van der Waals surface area contributed by atoms with E-state index < -0.39 is 34.9 Å². The number of hydrogen-bond acceptors (Lipinski definition) is 6. The van der Waals surface area contributed by atoms with Gasteiger partial charge in [0.1, 0.15) is 5.82 Å². The van der Waals surface area contributed by atoms with E-state index >= 15 is 0 Å². The zero-order valence-electron chi connectivity index (χ0n) is 17.6. The van der Waals surface area contributed by atoms with Crippen molar-refractivity contribution >= 4 is 18.3 Å². The summed E-state index contributed by atoms with van der Waals surface area (Å²) in [6.45, 7) is 4.46. The number of benzene rings is 1. The van der Waals surface area contributed by atoms with Gasteiger partial charge in [0.25, 0.3) is 12.4 Å². The third kappa shape index (κ3) is 6.46. The fourth-order valence-corrected chi connectivity index (χ4v) is 4.17. The van der Waals surface area contributed by atoms with Crippen molar-refractivity contribution < 1.29 is 38.8 Å². The van der Waals surface area contributed by atoms with E-state index in [1.54, 1.807) is 19.9 Å². The van der Waals surface area contributed by atoms with Crippen molar-refractivity contribution in [3.63, 3.8) is 0 Å². The SMILES string of the molecule is Cc1ccc(F)cc1C(=O)N[C@H]1COC2(CCN(CC(=O)O)CC2)C[C@]1(C)O.O=CO. The molecule has 0 aromatic heterocycles. The Kier molecular flexibility index (Phi) is 8.10. The van der Waals surface area contributed by atoms with Gasteiger partial charge in [0.2, 0.25) is 0 Å². The molecule has 0 radical (unpaired) electrons. The molecule has 31 heavy (non-hydrogen) atoms. The molecule has 9 nitrogen and oxygen atoms in total. The van der Waals surface area contributed by atoms with E-state index in [0.717, 1.165) is 0 Å². The molecule has 0 unspecified atom stereocenters. The molecule has 2 aliphatic heterocycles. The largest absolute Gasteiger partial charge is 0.483 e. The van der Waals surface area contributed by atoms with Gasteiger partial charge in [0.15, 0.2) is 0 Å². The van der Waals surface area contributed by atoms with Crippen LogP contribution in [0.4, 0.5) is 4.39 Å². The zero-order valence-corrected chi connectivity index (χ0v) is 17.6. The molecule has 1 aromatic rings.